The maximum atomic E-state index is 12.3. The molecule has 0 aromatic carbocycles. The predicted molar refractivity (Wildman–Crippen MR) is 71.7 cm³/mol. The SMILES string of the molecule is O=C(O)[C@@H]1CC[C@H](C(=O)O)N(C(=O)C[C@H]2CCCCO2)C1. The summed E-state index contributed by atoms with van der Waals surface area (Å²) in [5.41, 5.74) is 0. The van der Waals surface area contributed by atoms with Gasteiger partial charge in [-0.2, -0.15) is 0 Å². The fraction of sp³-hybridized carbons (Fsp3) is 0.786. The fourth-order valence-electron chi connectivity index (χ4n) is 2.99. The number of likely N-dealkylation sites (tertiary alicyclic amines) is 1. The van der Waals surface area contributed by atoms with Gasteiger partial charge < -0.3 is 19.8 Å². The molecule has 21 heavy (non-hydrogen) atoms. The number of hydrogen-bond acceptors (Lipinski definition) is 4. The summed E-state index contributed by atoms with van der Waals surface area (Å²) in [5, 5.41) is 18.3. The van der Waals surface area contributed by atoms with Crippen LogP contribution in [0, 0.1) is 5.92 Å². The third-order valence-corrected chi connectivity index (χ3v) is 4.21. The minimum absolute atomic E-state index is 0.0299. The van der Waals surface area contributed by atoms with Gasteiger partial charge in [-0.25, -0.2) is 4.79 Å². The zero-order valence-electron chi connectivity index (χ0n) is 11.9. The van der Waals surface area contributed by atoms with E-state index in [4.69, 9.17) is 9.84 Å². The van der Waals surface area contributed by atoms with Crippen LogP contribution in [0.25, 0.3) is 0 Å². The van der Waals surface area contributed by atoms with Crippen LogP contribution in [0.5, 0.6) is 0 Å². The van der Waals surface area contributed by atoms with Gasteiger partial charge in [-0.05, 0) is 32.1 Å². The Morgan fingerprint density at radius 1 is 1.05 bits per heavy atom. The molecule has 2 rings (SSSR count). The van der Waals surface area contributed by atoms with E-state index in [9.17, 15) is 19.5 Å². The third kappa shape index (κ3) is 3.93. The van der Waals surface area contributed by atoms with E-state index in [-0.39, 0.29) is 37.8 Å². The highest BCUT2D eigenvalue weighted by Gasteiger charge is 2.38. The van der Waals surface area contributed by atoms with E-state index in [1.807, 2.05) is 0 Å². The van der Waals surface area contributed by atoms with Crippen molar-refractivity contribution in [1.82, 2.24) is 4.90 Å². The molecule has 0 bridgehead atoms. The highest BCUT2D eigenvalue weighted by molar-refractivity contribution is 5.85. The summed E-state index contributed by atoms with van der Waals surface area (Å²) in [6.45, 7) is 0.593. The number of nitrogens with zero attached hydrogens (tertiary/aromatic N) is 1. The molecule has 3 atom stereocenters. The molecule has 2 N–H and O–H groups in total. The summed E-state index contributed by atoms with van der Waals surface area (Å²) >= 11 is 0. The second kappa shape index (κ2) is 6.89. The number of aliphatic carboxylic acids is 2. The molecule has 0 spiro atoms. The zero-order chi connectivity index (χ0) is 15.4. The van der Waals surface area contributed by atoms with Crippen LogP contribution in [0.3, 0.4) is 0 Å². The Morgan fingerprint density at radius 3 is 2.38 bits per heavy atom. The topological polar surface area (TPSA) is 104 Å². The average molecular weight is 299 g/mol. The Balaban J connectivity index is 2.01. The Bertz CT molecular complexity index is 418. The lowest BCUT2D eigenvalue weighted by molar-refractivity contribution is -0.158. The summed E-state index contributed by atoms with van der Waals surface area (Å²) in [5.74, 6) is -3.06. The van der Waals surface area contributed by atoms with Crippen LogP contribution >= 0.6 is 0 Å². The molecule has 0 unspecified atom stereocenters. The highest BCUT2D eigenvalue weighted by Crippen LogP contribution is 2.25. The van der Waals surface area contributed by atoms with Crippen LogP contribution in [-0.4, -0.2) is 58.3 Å². The van der Waals surface area contributed by atoms with Gasteiger partial charge in [0.2, 0.25) is 5.91 Å². The van der Waals surface area contributed by atoms with Gasteiger partial charge in [0, 0.05) is 13.2 Å². The first kappa shape index (κ1) is 15.8. The van der Waals surface area contributed by atoms with E-state index in [0.29, 0.717) is 6.61 Å². The van der Waals surface area contributed by atoms with Gasteiger partial charge in [0.1, 0.15) is 6.04 Å². The van der Waals surface area contributed by atoms with E-state index >= 15 is 0 Å². The van der Waals surface area contributed by atoms with Gasteiger partial charge in [-0.1, -0.05) is 0 Å². The van der Waals surface area contributed by atoms with Crippen LogP contribution in [0.15, 0.2) is 0 Å². The number of hydrogen-bond donors (Lipinski definition) is 2. The largest absolute Gasteiger partial charge is 0.481 e. The number of carboxylic acid groups (broad SMARTS) is 2. The van der Waals surface area contributed by atoms with Gasteiger partial charge in [0.25, 0.3) is 0 Å². The highest BCUT2D eigenvalue weighted by atomic mass is 16.5. The molecule has 7 heteroatoms. The van der Waals surface area contributed by atoms with Crippen molar-refractivity contribution < 1.29 is 29.3 Å². The zero-order valence-corrected chi connectivity index (χ0v) is 11.9. The van der Waals surface area contributed by atoms with Gasteiger partial charge >= 0.3 is 11.9 Å². The van der Waals surface area contributed by atoms with Crippen molar-refractivity contribution in [1.29, 1.82) is 0 Å². The number of amides is 1. The molecule has 0 radical (unpaired) electrons. The van der Waals surface area contributed by atoms with E-state index < -0.39 is 23.9 Å². The molecule has 1 amide bonds. The Hall–Kier alpha value is -1.63. The lowest BCUT2D eigenvalue weighted by atomic mass is 9.92. The third-order valence-electron chi connectivity index (χ3n) is 4.21. The van der Waals surface area contributed by atoms with Crippen LogP contribution in [-0.2, 0) is 19.1 Å². The molecule has 2 fully saturated rings. The summed E-state index contributed by atoms with van der Waals surface area (Å²) in [6, 6.07) is -0.920. The maximum absolute atomic E-state index is 12.3. The normalized spacial score (nSPS) is 29.9. The summed E-state index contributed by atoms with van der Waals surface area (Å²) < 4.78 is 5.50. The Kier molecular flexibility index (Phi) is 5.17. The summed E-state index contributed by atoms with van der Waals surface area (Å²) in [4.78, 5) is 35.9. The van der Waals surface area contributed by atoms with Crippen LogP contribution in [0.2, 0.25) is 0 Å². The van der Waals surface area contributed by atoms with E-state index in [2.05, 4.69) is 0 Å². The molecule has 2 heterocycles. The average Bonchev–Trinajstić information content (AvgIpc) is 2.47. The van der Waals surface area contributed by atoms with Gasteiger partial charge in [-0.15, -0.1) is 0 Å². The van der Waals surface area contributed by atoms with Gasteiger partial charge in [0.15, 0.2) is 0 Å². The molecular weight excluding hydrogens is 278 g/mol. The lowest BCUT2D eigenvalue weighted by Crippen LogP contribution is -2.52. The quantitative estimate of drug-likeness (QED) is 0.792. The molecule has 2 saturated heterocycles. The van der Waals surface area contributed by atoms with Crippen LogP contribution in [0.1, 0.15) is 38.5 Å². The lowest BCUT2D eigenvalue weighted by Gasteiger charge is -2.37. The number of carbonyl (C=O) groups excluding carboxylic acids is 1. The predicted octanol–water partition coefficient (Wildman–Crippen LogP) is 0.722. The maximum Gasteiger partial charge on any atom is 0.326 e. The number of rotatable bonds is 4. The number of carboxylic acids is 2. The standard InChI is InChI=1S/C14H21NO6/c16-12(7-10-3-1-2-6-21-10)15-8-9(13(17)18)4-5-11(15)14(19)20/h9-11H,1-8H2,(H,17,18)(H,19,20)/t9-,10-,11-/m1/s1. The van der Waals surface area contributed by atoms with E-state index in [0.717, 1.165) is 19.3 Å². The molecule has 2 aliphatic heterocycles. The van der Waals surface area contributed by atoms with Gasteiger partial charge in [0.05, 0.1) is 18.4 Å². The van der Waals surface area contributed by atoms with Crippen molar-refractivity contribution in [2.45, 2.75) is 50.7 Å². The van der Waals surface area contributed by atoms with E-state index in [1.54, 1.807) is 0 Å². The smallest absolute Gasteiger partial charge is 0.326 e. The first-order chi connectivity index (χ1) is 9.99. The first-order valence-electron chi connectivity index (χ1n) is 7.35. The Labute approximate surface area is 122 Å². The molecule has 118 valence electrons. The van der Waals surface area contributed by atoms with E-state index in [1.165, 1.54) is 4.90 Å². The van der Waals surface area contributed by atoms with Crippen molar-refractivity contribution in [3.8, 4) is 0 Å². The van der Waals surface area contributed by atoms with Crippen LogP contribution < -0.4 is 0 Å². The van der Waals surface area contributed by atoms with Crippen molar-refractivity contribution in [3.05, 3.63) is 0 Å². The first-order valence-corrected chi connectivity index (χ1v) is 7.35. The molecule has 0 aromatic heterocycles. The summed E-state index contributed by atoms with van der Waals surface area (Å²) in [6.07, 6.45) is 3.20. The summed E-state index contributed by atoms with van der Waals surface area (Å²) in [7, 11) is 0. The fourth-order valence-corrected chi connectivity index (χ4v) is 2.99. The van der Waals surface area contributed by atoms with Gasteiger partial charge in [-0.3, -0.25) is 9.59 Å². The van der Waals surface area contributed by atoms with Crippen LogP contribution in [0.4, 0.5) is 0 Å². The van der Waals surface area contributed by atoms with Crippen molar-refractivity contribution in [2.75, 3.05) is 13.2 Å². The van der Waals surface area contributed by atoms with Crippen molar-refractivity contribution in [2.24, 2.45) is 5.92 Å². The number of ether oxygens (including phenoxy) is 1. The van der Waals surface area contributed by atoms with Crippen molar-refractivity contribution >= 4 is 17.8 Å². The Morgan fingerprint density at radius 2 is 1.81 bits per heavy atom. The molecule has 7 nitrogen and oxygen atoms in total. The molecule has 0 saturated carbocycles. The minimum Gasteiger partial charge on any atom is -0.481 e. The molecular formula is C14H21NO6. The number of carbonyl (C=O) groups is 3. The second-order valence-electron chi connectivity index (χ2n) is 5.71. The monoisotopic (exact) mass is 299 g/mol. The molecule has 0 aliphatic carbocycles. The van der Waals surface area contributed by atoms with Crippen molar-refractivity contribution in [3.63, 3.8) is 0 Å². The number of piperidine rings is 1. The minimum atomic E-state index is -1.07. The molecule has 0 aromatic rings. The second-order valence-corrected chi connectivity index (χ2v) is 5.71. The molecule has 2 aliphatic rings.